The zero-order valence-electron chi connectivity index (χ0n) is 24.4. The summed E-state index contributed by atoms with van der Waals surface area (Å²) in [6.07, 6.45) is 7.72. The average molecular weight is 597 g/mol. The number of nitrogens with one attached hydrogen (secondary N) is 2. The van der Waals surface area contributed by atoms with Crippen molar-refractivity contribution in [1.82, 2.24) is 20.2 Å². The molecule has 2 N–H and O–H groups in total. The number of hydrogen-bond acceptors (Lipinski definition) is 8. The molecular formula is C34H36N4O6. The Hall–Kier alpha value is -5.09. The van der Waals surface area contributed by atoms with Crippen molar-refractivity contribution in [3.05, 3.63) is 126 Å². The number of rotatable bonds is 15. The maximum Gasteiger partial charge on any atom is 0.408 e. The van der Waals surface area contributed by atoms with Crippen LogP contribution in [0.3, 0.4) is 0 Å². The molecule has 0 spiro atoms. The smallest absolute Gasteiger partial charge is 0.408 e. The van der Waals surface area contributed by atoms with Gasteiger partial charge in [0.2, 0.25) is 6.79 Å². The number of carbonyl (C=O) groups is 2. The zero-order chi connectivity index (χ0) is 30.4. The Morgan fingerprint density at radius 3 is 2.36 bits per heavy atom. The van der Waals surface area contributed by atoms with E-state index >= 15 is 0 Å². The lowest BCUT2D eigenvalue weighted by molar-refractivity contribution is -0.147. The Morgan fingerprint density at radius 2 is 1.64 bits per heavy atom. The van der Waals surface area contributed by atoms with Gasteiger partial charge in [0, 0.05) is 37.9 Å². The van der Waals surface area contributed by atoms with Gasteiger partial charge >= 0.3 is 12.1 Å². The van der Waals surface area contributed by atoms with Gasteiger partial charge in [-0.2, -0.15) is 0 Å². The van der Waals surface area contributed by atoms with Gasteiger partial charge < -0.3 is 29.2 Å². The number of fused-ring (bicyclic) bond motifs is 1. The van der Waals surface area contributed by atoms with Gasteiger partial charge in [-0.05, 0) is 35.2 Å². The summed E-state index contributed by atoms with van der Waals surface area (Å²) in [6, 6.07) is 23.8. The zero-order valence-corrected chi connectivity index (χ0v) is 24.4. The van der Waals surface area contributed by atoms with Crippen LogP contribution in [0.5, 0.6) is 11.5 Å². The number of H-pyrrole nitrogens is 1. The number of nitrogens with zero attached hydrogens (tertiary/aromatic N) is 2. The molecule has 0 bridgehead atoms. The molecule has 4 aromatic rings. The monoisotopic (exact) mass is 596 g/mol. The van der Waals surface area contributed by atoms with Crippen molar-refractivity contribution < 1.29 is 28.5 Å². The molecule has 2 heterocycles. The van der Waals surface area contributed by atoms with Crippen molar-refractivity contribution in [1.29, 1.82) is 0 Å². The van der Waals surface area contributed by atoms with Gasteiger partial charge in [0.15, 0.2) is 11.5 Å². The van der Waals surface area contributed by atoms with Crippen molar-refractivity contribution in [3.63, 3.8) is 0 Å². The molecule has 5 rings (SSSR count). The third-order valence-corrected chi connectivity index (χ3v) is 7.01. The highest BCUT2D eigenvalue weighted by Crippen LogP contribution is 2.32. The van der Waals surface area contributed by atoms with E-state index in [1.165, 1.54) is 0 Å². The lowest BCUT2D eigenvalue weighted by Gasteiger charge is -2.21. The first-order valence-corrected chi connectivity index (χ1v) is 14.5. The highest BCUT2D eigenvalue weighted by molar-refractivity contribution is 5.81. The van der Waals surface area contributed by atoms with Crippen LogP contribution in [0.1, 0.15) is 28.8 Å². The maximum absolute atomic E-state index is 13.1. The summed E-state index contributed by atoms with van der Waals surface area (Å²) in [4.78, 5) is 35.2. The number of carbonyl (C=O) groups excluding carboxylic acids is 2. The first-order chi connectivity index (χ1) is 21.6. The molecule has 1 aromatic heterocycles. The predicted molar refractivity (Wildman–Crippen MR) is 164 cm³/mol. The quantitative estimate of drug-likeness (QED) is 0.143. The van der Waals surface area contributed by atoms with Gasteiger partial charge in [-0.3, -0.25) is 4.90 Å². The van der Waals surface area contributed by atoms with Crippen LogP contribution >= 0.6 is 0 Å². The maximum atomic E-state index is 13.1. The summed E-state index contributed by atoms with van der Waals surface area (Å²) in [5.74, 6) is 0.956. The van der Waals surface area contributed by atoms with E-state index < -0.39 is 18.1 Å². The van der Waals surface area contributed by atoms with Crippen molar-refractivity contribution in [2.45, 2.75) is 38.6 Å². The van der Waals surface area contributed by atoms with Crippen LogP contribution in [0.15, 0.2) is 104 Å². The van der Waals surface area contributed by atoms with Gasteiger partial charge in [-0.15, -0.1) is 0 Å². The van der Waals surface area contributed by atoms with Gasteiger partial charge in [0.05, 0.1) is 6.33 Å². The summed E-state index contributed by atoms with van der Waals surface area (Å²) in [6.45, 7) is 2.51. The minimum absolute atomic E-state index is 0.0967. The van der Waals surface area contributed by atoms with Crippen molar-refractivity contribution in [2.24, 2.45) is 0 Å². The largest absolute Gasteiger partial charge is 0.459 e. The number of imidazole rings is 1. The summed E-state index contributed by atoms with van der Waals surface area (Å²) in [7, 11) is 0. The van der Waals surface area contributed by atoms with Crippen LogP contribution in [-0.2, 0) is 40.4 Å². The first kappa shape index (κ1) is 30.4. The molecule has 44 heavy (non-hydrogen) atoms. The van der Waals surface area contributed by atoms with Crippen LogP contribution in [0, 0.1) is 0 Å². The summed E-state index contributed by atoms with van der Waals surface area (Å²) >= 11 is 0. The molecule has 0 aliphatic carbocycles. The molecule has 1 atom stereocenters. The summed E-state index contributed by atoms with van der Waals surface area (Å²) in [5.41, 5.74) is 3.85. The van der Waals surface area contributed by atoms with E-state index in [4.69, 9.17) is 18.9 Å². The third kappa shape index (κ3) is 9.47. The Labute approximate surface area is 256 Å². The van der Waals surface area contributed by atoms with E-state index in [-0.39, 0.29) is 26.4 Å². The molecule has 0 saturated heterocycles. The molecule has 0 fully saturated rings. The minimum Gasteiger partial charge on any atom is -0.459 e. The van der Waals surface area contributed by atoms with Crippen LogP contribution in [0.2, 0.25) is 0 Å². The fourth-order valence-corrected chi connectivity index (χ4v) is 4.64. The SMILES string of the molecule is O=C(N[C@@H](C/C=C/CN(CCc1cnc[nH]1)Cc1ccc2c(c1)OCO2)C(=O)OCc1ccccc1)OCc1ccccc1. The number of alkyl carbamates (subject to hydrolysis) is 1. The normalized spacial score (nSPS) is 12.8. The van der Waals surface area contributed by atoms with Gasteiger partial charge in [-0.1, -0.05) is 78.9 Å². The molecule has 10 nitrogen and oxygen atoms in total. The van der Waals surface area contributed by atoms with E-state index in [1.54, 1.807) is 6.33 Å². The van der Waals surface area contributed by atoms with Gasteiger partial charge in [0.25, 0.3) is 0 Å². The third-order valence-electron chi connectivity index (χ3n) is 7.01. The standard InChI is InChI=1S/C34H36N4O6/c39-33(41-22-26-9-3-1-4-10-26)30(37-34(40)42-23-27-11-5-2-6-12-27)13-7-8-17-38(18-16-29-20-35-24-36-29)21-28-14-15-31-32(19-28)44-25-43-31/h1-12,14-15,19-20,24,30H,13,16-18,21-23,25H2,(H,35,36)(H,37,40)/b8-7+/t30-/m0/s1. The summed E-state index contributed by atoms with van der Waals surface area (Å²) in [5, 5.41) is 2.68. The van der Waals surface area contributed by atoms with Crippen LogP contribution in [-0.4, -0.2) is 52.9 Å². The highest BCUT2D eigenvalue weighted by Gasteiger charge is 2.22. The minimum atomic E-state index is -0.912. The van der Waals surface area contributed by atoms with Crippen molar-refractivity contribution in [3.8, 4) is 11.5 Å². The molecule has 0 saturated carbocycles. The fourth-order valence-electron chi connectivity index (χ4n) is 4.64. The summed E-state index contributed by atoms with van der Waals surface area (Å²) < 4.78 is 21.9. The molecule has 3 aromatic carbocycles. The second-order valence-corrected chi connectivity index (χ2v) is 10.3. The topological polar surface area (TPSA) is 115 Å². The van der Waals surface area contributed by atoms with E-state index in [1.807, 2.05) is 97.2 Å². The number of amides is 1. The number of aromatic amines is 1. The number of ether oxygens (including phenoxy) is 4. The number of aromatic nitrogens is 2. The Bertz CT molecular complexity index is 1490. The molecular weight excluding hydrogens is 560 g/mol. The van der Waals surface area contributed by atoms with E-state index in [0.717, 1.165) is 46.8 Å². The predicted octanol–water partition coefficient (Wildman–Crippen LogP) is 5.17. The molecule has 0 radical (unpaired) electrons. The Morgan fingerprint density at radius 1 is 0.909 bits per heavy atom. The molecule has 228 valence electrons. The number of hydrogen-bond donors (Lipinski definition) is 2. The number of benzene rings is 3. The lowest BCUT2D eigenvalue weighted by Crippen LogP contribution is -2.41. The van der Waals surface area contributed by atoms with Gasteiger partial charge in [-0.25, -0.2) is 14.6 Å². The van der Waals surface area contributed by atoms with Crippen LogP contribution < -0.4 is 14.8 Å². The highest BCUT2D eigenvalue weighted by atomic mass is 16.7. The molecule has 10 heteroatoms. The fraction of sp³-hybridized carbons (Fsp3) is 0.265. The van der Waals surface area contributed by atoms with E-state index in [0.29, 0.717) is 13.1 Å². The molecule has 1 amide bonds. The van der Waals surface area contributed by atoms with Gasteiger partial charge in [0.1, 0.15) is 19.3 Å². The second kappa shape index (κ2) is 15.9. The first-order valence-electron chi connectivity index (χ1n) is 14.5. The van der Waals surface area contributed by atoms with Crippen molar-refractivity contribution in [2.75, 3.05) is 19.9 Å². The molecule has 0 unspecified atom stereocenters. The van der Waals surface area contributed by atoms with Crippen LogP contribution in [0.4, 0.5) is 4.79 Å². The van der Waals surface area contributed by atoms with E-state index in [2.05, 4.69) is 20.2 Å². The second-order valence-electron chi connectivity index (χ2n) is 10.3. The average Bonchev–Trinajstić information content (AvgIpc) is 3.76. The Kier molecular flexibility index (Phi) is 11.0. The Balaban J connectivity index is 1.20. The molecule has 1 aliphatic rings. The van der Waals surface area contributed by atoms with Crippen LogP contribution in [0.25, 0.3) is 0 Å². The number of esters is 1. The van der Waals surface area contributed by atoms with E-state index in [9.17, 15) is 9.59 Å². The van der Waals surface area contributed by atoms with Crippen molar-refractivity contribution >= 4 is 12.1 Å². The molecule has 1 aliphatic heterocycles. The lowest BCUT2D eigenvalue weighted by atomic mass is 10.1.